The molecule has 2 aromatic rings. The molecule has 0 aliphatic rings. The number of aromatic amines is 1. The SMILES string of the molecule is Cc1c(CC(=O)O)[nH]c2cccc(Br)c12. The van der Waals surface area contributed by atoms with E-state index in [0.29, 0.717) is 0 Å². The Bertz CT molecular complexity index is 531. The van der Waals surface area contributed by atoms with Crippen LogP contribution in [0, 0.1) is 6.92 Å². The van der Waals surface area contributed by atoms with E-state index in [9.17, 15) is 4.79 Å². The predicted molar refractivity (Wildman–Crippen MR) is 62.1 cm³/mol. The molecule has 0 amide bonds. The second-order valence-electron chi connectivity index (χ2n) is 3.46. The molecule has 0 aliphatic carbocycles. The van der Waals surface area contributed by atoms with E-state index < -0.39 is 5.97 Å². The van der Waals surface area contributed by atoms with Crippen molar-refractivity contribution in [2.24, 2.45) is 0 Å². The standard InChI is InChI=1S/C11H10BrNO2/c1-6-9(5-10(14)15)13-8-4-2-3-7(12)11(6)8/h2-4,13H,5H2,1H3,(H,14,15). The van der Waals surface area contributed by atoms with Gasteiger partial charge in [-0.3, -0.25) is 4.79 Å². The van der Waals surface area contributed by atoms with E-state index in [1.807, 2.05) is 25.1 Å². The van der Waals surface area contributed by atoms with Gasteiger partial charge in [-0.15, -0.1) is 0 Å². The number of aryl methyl sites for hydroxylation is 1. The molecule has 0 atom stereocenters. The van der Waals surface area contributed by atoms with Crippen LogP contribution in [0.1, 0.15) is 11.3 Å². The summed E-state index contributed by atoms with van der Waals surface area (Å²) in [5, 5.41) is 9.82. The van der Waals surface area contributed by atoms with Crippen LogP contribution in [0.2, 0.25) is 0 Å². The zero-order chi connectivity index (χ0) is 11.0. The average molecular weight is 268 g/mol. The summed E-state index contributed by atoms with van der Waals surface area (Å²) in [5.41, 5.74) is 2.74. The van der Waals surface area contributed by atoms with Crippen LogP contribution in [0.15, 0.2) is 22.7 Å². The fourth-order valence-electron chi connectivity index (χ4n) is 1.74. The van der Waals surface area contributed by atoms with E-state index >= 15 is 0 Å². The first kappa shape index (κ1) is 10.2. The molecule has 2 N–H and O–H groups in total. The number of aliphatic carboxylic acids is 1. The lowest BCUT2D eigenvalue weighted by atomic mass is 10.1. The number of carbonyl (C=O) groups is 1. The summed E-state index contributed by atoms with van der Waals surface area (Å²) in [6.07, 6.45) is 0.0347. The van der Waals surface area contributed by atoms with Gasteiger partial charge in [-0.2, -0.15) is 0 Å². The number of rotatable bonds is 2. The molecular weight excluding hydrogens is 258 g/mol. The van der Waals surface area contributed by atoms with Gasteiger partial charge in [-0.25, -0.2) is 0 Å². The number of carboxylic acids is 1. The van der Waals surface area contributed by atoms with Crippen molar-refractivity contribution >= 4 is 32.8 Å². The quantitative estimate of drug-likeness (QED) is 0.879. The lowest BCUT2D eigenvalue weighted by Gasteiger charge is -1.95. The van der Waals surface area contributed by atoms with Crippen LogP contribution >= 0.6 is 15.9 Å². The molecule has 1 aromatic carbocycles. The van der Waals surface area contributed by atoms with Crippen molar-refractivity contribution < 1.29 is 9.90 Å². The first-order valence-electron chi connectivity index (χ1n) is 4.57. The number of aromatic nitrogens is 1. The number of halogens is 1. The summed E-state index contributed by atoms with van der Waals surface area (Å²) in [4.78, 5) is 13.8. The molecule has 0 fully saturated rings. The van der Waals surface area contributed by atoms with Crippen LogP contribution in [0.4, 0.5) is 0 Å². The van der Waals surface area contributed by atoms with Crippen LogP contribution in [0.25, 0.3) is 10.9 Å². The third-order valence-electron chi connectivity index (χ3n) is 2.45. The third kappa shape index (κ3) is 1.77. The predicted octanol–water partition coefficient (Wildman–Crippen LogP) is 2.87. The minimum absolute atomic E-state index is 0.0347. The number of nitrogens with one attached hydrogen (secondary N) is 1. The summed E-state index contributed by atoms with van der Waals surface area (Å²) >= 11 is 3.46. The molecule has 78 valence electrons. The maximum Gasteiger partial charge on any atom is 0.309 e. The largest absolute Gasteiger partial charge is 0.481 e. The van der Waals surface area contributed by atoms with Gasteiger partial charge in [0, 0.05) is 21.1 Å². The zero-order valence-electron chi connectivity index (χ0n) is 8.17. The highest BCUT2D eigenvalue weighted by molar-refractivity contribution is 9.10. The molecule has 3 nitrogen and oxygen atoms in total. The van der Waals surface area contributed by atoms with E-state index in [1.54, 1.807) is 0 Å². The van der Waals surface area contributed by atoms with E-state index in [4.69, 9.17) is 5.11 Å². The third-order valence-corrected chi connectivity index (χ3v) is 3.12. The first-order chi connectivity index (χ1) is 7.09. The monoisotopic (exact) mass is 267 g/mol. The lowest BCUT2D eigenvalue weighted by Crippen LogP contribution is -2.01. The number of hydrogen-bond acceptors (Lipinski definition) is 1. The van der Waals surface area contributed by atoms with Crippen molar-refractivity contribution in [3.8, 4) is 0 Å². The van der Waals surface area contributed by atoms with Gasteiger partial charge in [-0.1, -0.05) is 22.0 Å². The molecule has 15 heavy (non-hydrogen) atoms. The molecule has 0 unspecified atom stereocenters. The van der Waals surface area contributed by atoms with Crippen molar-refractivity contribution in [3.63, 3.8) is 0 Å². The van der Waals surface area contributed by atoms with Crippen LogP contribution in [-0.2, 0) is 11.2 Å². The molecule has 0 radical (unpaired) electrons. The van der Waals surface area contributed by atoms with Gasteiger partial charge in [0.2, 0.25) is 0 Å². The van der Waals surface area contributed by atoms with Crippen molar-refractivity contribution in [1.82, 2.24) is 4.98 Å². The van der Waals surface area contributed by atoms with Gasteiger partial charge in [0.15, 0.2) is 0 Å². The summed E-state index contributed by atoms with van der Waals surface area (Å²) in [5.74, 6) is -0.819. The normalized spacial score (nSPS) is 10.8. The Hall–Kier alpha value is -1.29. The Morgan fingerprint density at radius 1 is 1.53 bits per heavy atom. The molecule has 0 bridgehead atoms. The van der Waals surface area contributed by atoms with Crippen LogP contribution in [0.3, 0.4) is 0 Å². The maximum atomic E-state index is 10.7. The highest BCUT2D eigenvalue weighted by Crippen LogP contribution is 2.29. The Kier molecular flexibility index (Phi) is 2.52. The Morgan fingerprint density at radius 3 is 2.87 bits per heavy atom. The van der Waals surface area contributed by atoms with Gasteiger partial charge in [-0.05, 0) is 24.6 Å². The fourth-order valence-corrected chi connectivity index (χ4v) is 2.41. The summed E-state index contributed by atoms with van der Waals surface area (Å²) < 4.78 is 0.991. The number of H-pyrrole nitrogens is 1. The number of benzene rings is 1. The Labute approximate surface area is 95.2 Å². The Morgan fingerprint density at radius 2 is 2.27 bits per heavy atom. The maximum absolute atomic E-state index is 10.7. The molecule has 1 aromatic heterocycles. The van der Waals surface area contributed by atoms with Gasteiger partial charge >= 0.3 is 5.97 Å². The first-order valence-corrected chi connectivity index (χ1v) is 5.36. The van der Waals surface area contributed by atoms with Crippen LogP contribution < -0.4 is 0 Å². The van der Waals surface area contributed by atoms with Crippen molar-refractivity contribution in [3.05, 3.63) is 33.9 Å². The van der Waals surface area contributed by atoms with Gasteiger partial charge in [0.05, 0.1) is 6.42 Å². The van der Waals surface area contributed by atoms with E-state index in [0.717, 1.165) is 26.6 Å². The lowest BCUT2D eigenvalue weighted by molar-refractivity contribution is -0.136. The summed E-state index contributed by atoms with van der Waals surface area (Å²) in [7, 11) is 0. The minimum atomic E-state index is -0.819. The Balaban J connectivity index is 2.64. The van der Waals surface area contributed by atoms with Gasteiger partial charge < -0.3 is 10.1 Å². The second-order valence-corrected chi connectivity index (χ2v) is 4.32. The van der Waals surface area contributed by atoms with Gasteiger partial charge in [0.1, 0.15) is 0 Å². The molecule has 4 heteroatoms. The molecule has 1 heterocycles. The number of fused-ring (bicyclic) bond motifs is 1. The number of carboxylic acid groups (broad SMARTS) is 1. The summed E-state index contributed by atoms with van der Waals surface area (Å²) in [6, 6.07) is 5.82. The molecule has 0 saturated heterocycles. The topological polar surface area (TPSA) is 53.1 Å². The van der Waals surface area contributed by atoms with Crippen LogP contribution in [0.5, 0.6) is 0 Å². The molecule has 0 spiro atoms. The fraction of sp³-hybridized carbons (Fsp3) is 0.182. The molecule has 0 aliphatic heterocycles. The smallest absolute Gasteiger partial charge is 0.309 e. The summed E-state index contributed by atoms with van der Waals surface area (Å²) in [6.45, 7) is 1.93. The molecular formula is C11H10BrNO2. The minimum Gasteiger partial charge on any atom is -0.481 e. The van der Waals surface area contributed by atoms with E-state index in [1.165, 1.54) is 0 Å². The number of hydrogen-bond donors (Lipinski definition) is 2. The van der Waals surface area contributed by atoms with E-state index in [2.05, 4.69) is 20.9 Å². The molecule has 2 rings (SSSR count). The van der Waals surface area contributed by atoms with E-state index in [-0.39, 0.29) is 6.42 Å². The highest BCUT2D eigenvalue weighted by atomic mass is 79.9. The van der Waals surface area contributed by atoms with Crippen molar-refractivity contribution in [2.75, 3.05) is 0 Å². The van der Waals surface area contributed by atoms with Crippen molar-refractivity contribution in [2.45, 2.75) is 13.3 Å². The average Bonchev–Trinajstić information content (AvgIpc) is 2.44. The van der Waals surface area contributed by atoms with Gasteiger partial charge in [0.25, 0.3) is 0 Å². The van der Waals surface area contributed by atoms with Crippen LogP contribution in [-0.4, -0.2) is 16.1 Å². The molecule has 0 saturated carbocycles. The van der Waals surface area contributed by atoms with Crippen molar-refractivity contribution in [1.29, 1.82) is 0 Å². The highest BCUT2D eigenvalue weighted by Gasteiger charge is 2.11. The zero-order valence-corrected chi connectivity index (χ0v) is 9.76. The second kappa shape index (κ2) is 3.70.